The van der Waals surface area contributed by atoms with Crippen LogP contribution in [0.4, 0.5) is 0 Å². The third-order valence-corrected chi connectivity index (χ3v) is 9.94. The average Bonchev–Trinajstić information content (AvgIpc) is 3.55. The third kappa shape index (κ3) is 3.36. The van der Waals surface area contributed by atoms with Gasteiger partial charge in [0.25, 0.3) is 0 Å². The van der Waals surface area contributed by atoms with Gasteiger partial charge in [-0.2, -0.15) is 0 Å². The van der Waals surface area contributed by atoms with E-state index in [0.717, 1.165) is 47.9 Å². The Labute approximate surface area is 213 Å². The van der Waals surface area contributed by atoms with Crippen molar-refractivity contribution in [3.63, 3.8) is 0 Å². The summed E-state index contributed by atoms with van der Waals surface area (Å²) >= 11 is 0. The molecular formula is C31H38O5. The molecule has 0 saturated heterocycles. The van der Waals surface area contributed by atoms with Crippen LogP contribution in [0, 0.1) is 28.6 Å². The van der Waals surface area contributed by atoms with Crippen molar-refractivity contribution in [2.45, 2.75) is 57.7 Å². The summed E-state index contributed by atoms with van der Waals surface area (Å²) < 4.78 is 5.85. The number of methoxy groups -OCH3 is 1. The Hall–Kier alpha value is -2.47. The number of aromatic hydroxyl groups is 1. The molecule has 0 unspecified atom stereocenters. The lowest BCUT2D eigenvalue weighted by Gasteiger charge is -2.51. The lowest BCUT2D eigenvalue weighted by Crippen LogP contribution is -2.57. The fourth-order valence-corrected chi connectivity index (χ4v) is 8.20. The van der Waals surface area contributed by atoms with Crippen LogP contribution < -0.4 is 0 Å². The quantitative estimate of drug-likeness (QED) is 0.346. The van der Waals surface area contributed by atoms with Gasteiger partial charge in [-0.05, 0) is 66.3 Å². The Morgan fingerprint density at radius 3 is 2.42 bits per heavy atom. The predicted molar refractivity (Wildman–Crippen MR) is 139 cm³/mol. The van der Waals surface area contributed by atoms with Crippen molar-refractivity contribution in [3.8, 4) is 16.9 Å². The van der Waals surface area contributed by atoms with Gasteiger partial charge >= 0.3 is 0 Å². The minimum Gasteiger partial charge on any atom is -0.508 e. The lowest BCUT2D eigenvalue weighted by atomic mass is 9.52. The number of Topliss-reactive ketones (excluding diaryl/α,β-unsaturated/α-hetero) is 1. The fraction of sp³-hybridized carbons (Fsp3) is 0.516. The zero-order chi connectivity index (χ0) is 25.7. The van der Waals surface area contributed by atoms with Crippen LogP contribution in [-0.4, -0.2) is 40.6 Å². The van der Waals surface area contributed by atoms with E-state index in [2.05, 4.69) is 19.6 Å². The van der Waals surface area contributed by atoms with Gasteiger partial charge in [0, 0.05) is 31.5 Å². The molecule has 2 aromatic rings. The van der Waals surface area contributed by atoms with Crippen LogP contribution >= 0.6 is 0 Å². The number of ether oxygens (including phenoxy) is 1. The van der Waals surface area contributed by atoms with Crippen LogP contribution in [-0.2, 0) is 16.0 Å². The molecule has 2 bridgehead atoms. The smallest absolute Gasteiger partial charge is 0.185 e. The van der Waals surface area contributed by atoms with E-state index in [1.165, 1.54) is 7.11 Å². The van der Waals surface area contributed by atoms with Gasteiger partial charge in [-0.15, -0.1) is 0 Å². The number of hydrogen-bond donors (Lipinski definition) is 3. The van der Waals surface area contributed by atoms with E-state index in [1.54, 1.807) is 12.1 Å². The van der Waals surface area contributed by atoms with E-state index in [0.29, 0.717) is 12.8 Å². The fourth-order valence-electron chi connectivity index (χ4n) is 8.20. The highest BCUT2D eigenvalue weighted by Gasteiger charge is 2.81. The molecule has 36 heavy (non-hydrogen) atoms. The number of aliphatic hydroxyl groups excluding tert-OH is 1. The summed E-state index contributed by atoms with van der Waals surface area (Å²) in [6.07, 6.45) is 5.52. The van der Waals surface area contributed by atoms with Gasteiger partial charge in [-0.3, -0.25) is 4.79 Å². The summed E-state index contributed by atoms with van der Waals surface area (Å²) in [5, 5.41) is 32.1. The third-order valence-electron chi connectivity index (χ3n) is 9.94. The molecule has 2 aromatic carbocycles. The number of phenols is 1. The molecule has 5 nitrogen and oxygen atoms in total. The molecule has 3 aliphatic carbocycles. The molecular weight excluding hydrogens is 452 g/mol. The van der Waals surface area contributed by atoms with E-state index >= 15 is 0 Å². The van der Waals surface area contributed by atoms with Gasteiger partial charge < -0.3 is 20.1 Å². The number of ketones is 1. The summed E-state index contributed by atoms with van der Waals surface area (Å²) in [6, 6.07) is 15.2. The summed E-state index contributed by atoms with van der Waals surface area (Å²) in [5.41, 5.74) is 2.11. The summed E-state index contributed by atoms with van der Waals surface area (Å²) in [5.74, 6) is -1.85. The van der Waals surface area contributed by atoms with E-state index in [1.807, 2.05) is 30.3 Å². The second-order valence-electron chi connectivity index (χ2n) is 11.3. The normalized spacial score (nSPS) is 33.9. The van der Waals surface area contributed by atoms with Crippen LogP contribution in [0.3, 0.4) is 0 Å². The minimum atomic E-state index is -1.66. The van der Waals surface area contributed by atoms with Crippen LogP contribution in [0.2, 0.25) is 0 Å². The Kier molecular flexibility index (Phi) is 6.39. The van der Waals surface area contributed by atoms with Crippen molar-refractivity contribution < 1.29 is 24.9 Å². The molecule has 0 radical (unpaired) electrons. The molecule has 0 amide bonds. The monoisotopic (exact) mass is 490 g/mol. The molecule has 0 aliphatic heterocycles. The topological polar surface area (TPSA) is 87.0 Å². The van der Waals surface area contributed by atoms with Gasteiger partial charge in [0.15, 0.2) is 5.79 Å². The molecule has 0 aromatic heterocycles. The highest BCUT2D eigenvalue weighted by molar-refractivity contribution is 5.90. The number of carbonyl (C=O) groups excluding carboxylic acids is 1. The number of benzene rings is 2. The van der Waals surface area contributed by atoms with Crippen molar-refractivity contribution >= 4 is 5.78 Å². The number of fused-ring (bicyclic) bond motifs is 2. The maximum atomic E-state index is 14.4. The van der Waals surface area contributed by atoms with Crippen LogP contribution in [0.1, 0.15) is 51.0 Å². The van der Waals surface area contributed by atoms with Crippen molar-refractivity contribution in [3.05, 3.63) is 66.2 Å². The van der Waals surface area contributed by atoms with E-state index < -0.39 is 22.5 Å². The molecule has 5 rings (SSSR count). The number of phenolic OH excluding ortho intramolecular Hbond substituents is 1. The number of aliphatic hydroxyl groups is 2. The Balaban J connectivity index is 1.48. The highest BCUT2D eigenvalue weighted by Crippen LogP contribution is 2.77. The van der Waals surface area contributed by atoms with Gasteiger partial charge in [-0.25, -0.2) is 0 Å². The first kappa shape index (κ1) is 25.2. The van der Waals surface area contributed by atoms with Crippen LogP contribution in [0.15, 0.2) is 60.7 Å². The van der Waals surface area contributed by atoms with Crippen molar-refractivity contribution in [1.82, 2.24) is 0 Å². The largest absolute Gasteiger partial charge is 0.508 e. The second kappa shape index (κ2) is 9.13. The van der Waals surface area contributed by atoms with Crippen LogP contribution in [0.25, 0.3) is 11.1 Å². The Bertz CT molecular complexity index is 1170. The maximum Gasteiger partial charge on any atom is 0.185 e. The standard InChI is InChI=1S/C31H38O5/c1-20-28-24(19-32)18-30(31(28,35)36-3,29(20,2)25-11-4-5-12-25)27(34)15-14-21-8-6-9-22(16-21)23-10-7-13-26(33)17-23/h6-10,13,16-17,24-25,28,32-33,35H,1,4-5,11-12,14-15,18-19H2,2-3H3/t24-,28+,29+,30-,31+/m1/s1. The minimum absolute atomic E-state index is 0.00334. The summed E-state index contributed by atoms with van der Waals surface area (Å²) in [7, 11) is 1.49. The second-order valence-corrected chi connectivity index (χ2v) is 11.3. The summed E-state index contributed by atoms with van der Waals surface area (Å²) in [6.45, 7) is 6.48. The molecule has 5 heteroatoms. The molecule has 3 aliphatic rings. The van der Waals surface area contributed by atoms with Crippen LogP contribution in [0.5, 0.6) is 5.75 Å². The Morgan fingerprint density at radius 1 is 1.11 bits per heavy atom. The summed E-state index contributed by atoms with van der Waals surface area (Å²) in [4.78, 5) is 14.4. The van der Waals surface area contributed by atoms with Gasteiger partial charge in [-0.1, -0.05) is 68.3 Å². The molecule has 3 fully saturated rings. The zero-order valence-electron chi connectivity index (χ0n) is 21.4. The number of rotatable bonds is 8. The first-order valence-electron chi connectivity index (χ1n) is 13.2. The molecule has 3 saturated carbocycles. The van der Waals surface area contributed by atoms with Gasteiger partial charge in [0.2, 0.25) is 0 Å². The van der Waals surface area contributed by atoms with Crippen molar-refractivity contribution in [2.24, 2.45) is 28.6 Å². The van der Waals surface area contributed by atoms with Crippen molar-refractivity contribution in [1.29, 1.82) is 0 Å². The first-order valence-corrected chi connectivity index (χ1v) is 13.2. The molecule has 192 valence electrons. The highest BCUT2D eigenvalue weighted by atomic mass is 16.6. The Morgan fingerprint density at radius 2 is 1.78 bits per heavy atom. The molecule has 5 atom stereocenters. The number of aryl methyl sites for hydroxylation is 1. The predicted octanol–water partition coefficient (Wildman–Crippen LogP) is 5.28. The molecule has 3 N–H and O–H groups in total. The van der Waals surface area contributed by atoms with Gasteiger partial charge in [0.1, 0.15) is 11.5 Å². The average molecular weight is 491 g/mol. The van der Waals surface area contributed by atoms with E-state index in [9.17, 15) is 20.1 Å². The maximum absolute atomic E-state index is 14.4. The molecule has 0 heterocycles. The number of hydrogen-bond acceptors (Lipinski definition) is 5. The lowest BCUT2D eigenvalue weighted by molar-refractivity contribution is -0.258. The number of carbonyl (C=O) groups is 1. The van der Waals surface area contributed by atoms with E-state index in [-0.39, 0.29) is 36.4 Å². The van der Waals surface area contributed by atoms with E-state index in [4.69, 9.17) is 4.74 Å². The zero-order valence-corrected chi connectivity index (χ0v) is 21.4. The van der Waals surface area contributed by atoms with Crippen molar-refractivity contribution in [2.75, 3.05) is 13.7 Å². The molecule has 0 spiro atoms. The first-order chi connectivity index (χ1) is 17.2. The SMILES string of the molecule is C=C1[C@H]2[C@@H](CO)C[C@@](C(=O)CCc3cccc(-c4cccc(O)c4)c3)([C@]1(C)C1CCCC1)[C@@]2(O)OC. The van der Waals surface area contributed by atoms with Gasteiger partial charge in [0.05, 0.1) is 5.41 Å².